The molecule has 232 valence electrons. The topological polar surface area (TPSA) is 19.9 Å². The molecule has 0 saturated heterocycles. The molecule has 0 aliphatic rings. The lowest BCUT2D eigenvalue weighted by atomic mass is 10.1. The van der Waals surface area contributed by atoms with Crippen LogP contribution in [0.5, 0.6) is 0 Å². The summed E-state index contributed by atoms with van der Waals surface area (Å²) >= 11 is 0. The Morgan fingerprint density at radius 2 is 0.658 bits per heavy atom. The number of hydrogen-bond acceptors (Lipinski definition) is 1. The van der Waals surface area contributed by atoms with Gasteiger partial charge in [0.25, 0.3) is 0 Å². The first-order valence-corrected chi connectivity index (χ1v) is 17.8. The highest BCUT2D eigenvalue weighted by molar-refractivity contribution is 4.60. The highest BCUT2D eigenvalue weighted by Gasteiger charge is 2.15. The molecule has 1 atom stereocenters. The molecule has 0 radical (unpaired) electrons. The van der Waals surface area contributed by atoms with E-state index < -0.39 is 0 Å². The number of nitrogens with zero attached hydrogens (tertiary/aromatic N) is 1. The zero-order valence-corrected chi connectivity index (χ0v) is 29.4. The Labute approximate surface area is 260 Å². The van der Waals surface area contributed by atoms with Crippen molar-refractivity contribution in [3.63, 3.8) is 0 Å². The molecular formula is C35H75IN2. The summed E-state index contributed by atoms with van der Waals surface area (Å²) < 4.78 is 0. The molecule has 0 spiro atoms. The van der Waals surface area contributed by atoms with Crippen LogP contribution < -0.4 is 29.3 Å². The van der Waals surface area contributed by atoms with Crippen molar-refractivity contribution in [1.82, 2.24) is 4.90 Å². The fraction of sp³-hybridized carbons (Fsp3) is 1.00. The Morgan fingerprint density at radius 3 is 0.974 bits per heavy atom. The van der Waals surface area contributed by atoms with E-state index in [1.807, 2.05) is 0 Å². The summed E-state index contributed by atoms with van der Waals surface area (Å²) in [5, 5.41) is 2.66. The highest BCUT2D eigenvalue weighted by Crippen LogP contribution is 2.13. The van der Waals surface area contributed by atoms with Gasteiger partial charge < -0.3 is 29.3 Å². The number of unbranched alkanes of at least 4 members (excludes halogenated alkanes) is 24. The van der Waals surface area contributed by atoms with Gasteiger partial charge in [0, 0.05) is 20.0 Å². The molecule has 0 rings (SSSR count). The summed E-state index contributed by atoms with van der Waals surface area (Å²) in [5.74, 6) is 0. The zero-order chi connectivity index (χ0) is 27.1. The smallest absolute Gasteiger partial charge is 0.139 e. The van der Waals surface area contributed by atoms with E-state index in [2.05, 4.69) is 37.9 Å². The van der Waals surface area contributed by atoms with Gasteiger partial charge in [-0.3, -0.25) is 4.90 Å². The van der Waals surface area contributed by atoms with E-state index in [4.69, 9.17) is 0 Å². The van der Waals surface area contributed by atoms with E-state index in [0.29, 0.717) is 6.17 Å². The Morgan fingerprint density at radius 1 is 0.395 bits per heavy atom. The summed E-state index contributed by atoms with van der Waals surface area (Å²) in [4.78, 5) is 2.83. The first-order chi connectivity index (χ1) is 18.3. The summed E-state index contributed by atoms with van der Waals surface area (Å²) in [6, 6.07) is 0. The maximum atomic E-state index is 2.83. The minimum absolute atomic E-state index is 0. The van der Waals surface area contributed by atoms with Crippen LogP contribution in [-0.4, -0.2) is 30.7 Å². The Kier molecular flexibility index (Phi) is 38.3. The van der Waals surface area contributed by atoms with Crippen molar-refractivity contribution >= 4 is 0 Å². The van der Waals surface area contributed by atoms with E-state index >= 15 is 0 Å². The van der Waals surface area contributed by atoms with Gasteiger partial charge in [0.2, 0.25) is 0 Å². The number of rotatable bonds is 32. The third kappa shape index (κ3) is 31.2. The van der Waals surface area contributed by atoms with Gasteiger partial charge in [0.05, 0.1) is 6.54 Å². The van der Waals surface area contributed by atoms with Crippen LogP contribution in [0.15, 0.2) is 0 Å². The molecule has 3 heteroatoms. The maximum absolute atomic E-state index is 2.83. The van der Waals surface area contributed by atoms with Gasteiger partial charge in [-0.15, -0.1) is 0 Å². The molecule has 0 aliphatic carbocycles. The first-order valence-electron chi connectivity index (χ1n) is 17.8. The van der Waals surface area contributed by atoms with Crippen molar-refractivity contribution in [2.45, 2.75) is 207 Å². The number of halogens is 1. The van der Waals surface area contributed by atoms with Crippen LogP contribution in [0.1, 0.15) is 201 Å². The van der Waals surface area contributed by atoms with Crippen LogP contribution >= 0.6 is 0 Å². The van der Waals surface area contributed by atoms with Crippen LogP contribution in [0, 0.1) is 0 Å². The second-order valence-electron chi connectivity index (χ2n) is 12.3. The Balaban J connectivity index is 0. The largest absolute Gasteiger partial charge is 1.00 e. The van der Waals surface area contributed by atoms with E-state index in [9.17, 15) is 0 Å². The molecule has 2 N–H and O–H groups in total. The van der Waals surface area contributed by atoms with Crippen LogP contribution in [-0.2, 0) is 0 Å². The lowest BCUT2D eigenvalue weighted by molar-refractivity contribution is -0.706. The summed E-state index contributed by atoms with van der Waals surface area (Å²) in [6.07, 6.45) is 39.5. The van der Waals surface area contributed by atoms with E-state index in [1.165, 1.54) is 193 Å². The average Bonchev–Trinajstić information content (AvgIpc) is 2.90. The van der Waals surface area contributed by atoms with Crippen LogP contribution in [0.2, 0.25) is 0 Å². The molecule has 0 bridgehead atoms. The second kappa shape index (κ2) is 35.7. The van der Waals surface area contributed by atoms with Gasteiger partial charge in [-0.25, -0.2) is 0 Å². The van der Waals surface area contributed by atoms with Crippen LogP contribution in [0.3, 0.4) is 0 Å². The standard InChI is InChI=1S/C35H74N2.HI/c1-5-8-11-14-17-20-21-22-23-26-29-32-36-35(4)37(33-30-27-24-18-15-12-9-6-2)34-31-28-25-19-16-13-10-7-3;/h35-36H,5-34H2,1-4H3;1H. The van der Waals surface area contributed by atoms with Gasteiger partial charge in [-0.05, 0) is 25.7 Å². The fourth-order valence-corrected chi connectivity index (χ4v) is 5.73. The minimum Gasteiger partial charge on any atom is -1.00 e. The lowest BCUT2D eigenvalue weighted by Crippen LogP contribution is -3.00. The molecule has 1 unspecified atom stereocenters. The molecule has 38 heavy (non-hydrogen) atoms. The van der Waals surface area contributed by atoms with Crippen molar-refractivity contribution in [2.24, 2.45) is 0 Å². The van der Waals surface area contributed by atoms with Gasteiger partial charge in [0.1, 0.15) is 6.17 Å². The molecule has 0 saturated carbocycles. The quantitative estimate of drug-likeness (QED) is 0.0448. The van der Waals surface area contributed by atoms with Gasteiger partial charge in [-0.2, -0.15) is 0 Å². The van der Waals surface area contributed by atoms with Gasteiger partial charge >= 0.3 is 0 Å². The van der Waals surface area contributed by atoms with Gasteiger partial charge in [0.15, 0.2) is 0 Å². The Hall–Kier alpha value is 0.650. The van der Waals surface area contributed by atoms with E-state index in [-0.39, 0.29) is 24.0 Å². The zero-order valence-electron chi connectivity index (χ0n) is 27.2. The lowest BCUT2D eigenvalue weighted by Gasteiger charge is -2.27. The van der Waals surface area contributed by atoms with Crippen molar-refractivity contribution < 1.29 is 29.3 Å². The third-order valence-electron chi connectivity index (χ3n) is 8.49. The molecule has 0 aromatic heterocycles. The first kappa shape index (κ1) is 40.8. The molecule has 0 fully saturated rings. The second-order valence-corrected chi connectivity index (χ2v) is 12.3. The van der Waals surface area contributed by atoms with E-state index in [0.717, 1.165) is 0 Å². The number of quaternary nitrogens is 1. The average molecular weight is 651 g/mol. The predicted molar refractivity (Wildman–Crippen MR) is 170 cm³/mol. The summed E-state index contributed by atoms with van der Waals surface area (Å²) in [6.45, 7) is 13.4. The monoisotopic (exact) mass is 650 g/mol. The molecule has 0 aromatic carbocycles. The van der Waals surface area contributed by atoms with Crippen molar-refractivity contribution in [2.75, 3.05) is 19.6 Å². The molecule has 0 heterocycles. The molecule has 0 amide bonds. The number of hydrogen-bond donors (Lipinski definition) is 1. The minimum atomic E-state index is 0. The maximum Gasteiger partial charge on any atom is 0.139 e. The highest BCUT2D eigenvalue weighted by atomic mass is 127. The molecule has 0 aromatic rings. The van der Waals surface area contributed by atoms with Crippen molar-refractivity contribution in [3.8, 4) is 0 Å². The van der Waals surface area contributed by atoms with Crippen LogP contribution in [0.4, 0.5) is 0 Å². The third-order valence-corrected chi connectivity index (χ3v) is 8.49. The fourth-order valence-electron chi connectivity index (χ4n) is 5.73. The van der Waals surface area contributed by atoms with Crippen LogP contribution in [0.25, 0.3) is 0 Å². The van der Waals surface area contributed by atoms with Crippen molar-refractivity contribution in [3.05, 3.63) is 0 Å². The van der Waals surface area contributed by atoms with E-state index in [1.54, 1.807) is 0 Å². The molecule has 0 aliphatic heterocycles. The number of nitrogens with two attached hydrogens (primary N) is 1. The molecular weight excluding hydrogens is 575 g/mol. The summed E-state index contributed by atoms with van der Waals surface area (Å²) in [5.41, 5.74) is 0. The Bertz CT molecular complexity index is 383. The predicted octanol–water partition coefficient (Wildman–Crippen LogP) is 7.79. The normalized spacial score (nSPS) is 12.2. The molecule has 2 nitrogen and oxygen atoms in total. The summed E-state index contributed by atoms with van der Waals surface area (Å²) in [7, 11) is 0. The SMILES string of the molecule is CCCCCCCCCCCCC[NH2+]C(C)N(CCCCCCCCCC)CCCCCCCCCC.[I-]. The van der Waals surface area contributed by atoms with Crippen molar-refractivity contribution in [1.29, 1.82) is 0 Å². The van der Waals surface area contributed by atoms with Gasteiger partial charge in [-0.1, -0.05) is 168 Å².